The minimum atomic E-state index is -0.281. The summed E-state index contributed by atoms with van der Waals surface area (Å²) >= 11 is 0. The molecule has 6 nitrogen and oxygen atoms in total. The number of rotatable bonds is 3. The molecule has 1 aliphatic heterocycles. The Hall–Kier alpha value is -4.08. The molecule has 25 heavy (non-hydrogen) atoms. The quantitative estimate of drug-likeness (QED) is 0.873. The van der Waals surface area contributed by atoms with Crippen LogP contribution in [0.2, 0.25) is 0 Å². The number of allylic oxidation sites excluding steroid dienone is 2. The van der Waals surface area contributed by atoms with Crippen LogP contribution in [0.4, 0.5) is 11.4 Å². The standard InChI is InChI=1S/C19H11N5O/c20-9-14(10-21)18(11-22)23-15-5-7-16(8-6-15)24-12-13-3-1-2-4-17(13)19(24)25/h1-8,23H,12H2. The Morgan fingerprint density at radius 2 is 1.64 bits per heavy atom. The van der Waals surface area contributed by atoms with Crippen molar-refractivity contribution >= 4 is 17.3 Å². The predicted octanol–water partition coefficient (Wildman–Crippen LogP) is 3.08. The van der Waals surface area contributed by atoms with E-state index in [0.29, 0.717) is 17.8 Å². The molecule has 0 bridgehead atoms. The molecule has 0 spiro atoms. The van der Waals surface area contributed by atoms with Gasteiger partial charge in [-0.3, -0.25) is 4.79 Å². The van der Waals surface area contributed by atoms with Crippen LogP contribution in [0.15, 0.2) is 59.8 Å². The number of hydrogen-bond donors (Lipinski definition) is 1. The molecular weight excluding hydrogens is 314 g/mol. The van der Waals surface area contributed by atoms with Crippen molar-refractivity contribution in [2.24, 2.45) is 0 Å². The lowest BCUT2D eigenvalue weighted by molar-refractivity contribution is 0.0996. The Bertz CT molecular complexity index is 984. The van der Waals surface area contributed by atoms with Crippen LogP contribution < -0.4 is 10.2 Å². The first-order valence-corrected chi connectivity index (χ1v) is 7.39. The molecule has 0 saturated heterocycles. The van der Waals surface area contributed by atoms with E-state index in [0.717, 1.165) is 11.3 Å². The Labute approximate surface area is 144 Å². The third-order valence-electron chi connectivity index (χ3n) is 3.86. The van der Waals surface area contributed by atoms with Crippen LogP contribution >= 0.6 is 0 Å². The van der Waals surface area contributed by atoms with E-state index in [4.69, 9.17) is 15.8 Å². The van der Waals surface area contributed by atoms with Crippen molar-refractivity contribution in [1.29, 1.82) is 15.8 Å². The molecule has 118 valence electrons. The molecule has 0 radical (unpaired) electrons. The van der Waals surface area contributed by atoms with Crippen molar-refractivity contribution < 1.29 is 4.79 Å². The Balaban J connectivity index is 1.82. The maximum atomic E-state index is 12.5. The van der Waals surface area contributed by atoms with Crippen molar-refractivity contribution in [1.82, 2.24) is 0 Å². The highest BCUT2D eigenvalue weighted by Gasteiger charge is 2.27. The average molecular weight is 325 g/mol. The van der Waals surface area contributed by atoms with Gasteiger partial charge in [-0.1, -0.05) is 18.2 Å². The third kappa shape index (κ3) is 2.91. The number of nitrogens with one attached hydrogen (secondary N) is 1. The first-order valence-electron chi connectivity index (χ1n) is 7.39. The zero-order chi connectivity index (χ0) is 17.8. The fourth-order valence-corrected chi connectivity index (χ4v) is 2.62. The second-order valence-corrected chi connectivity index (χ2v) is 5.31. The molecule has 0 unspecified atom stereocenters. The van der Waals surface area contributed by atoms with E-state index in [1.54, 1.807) is 47.4 Å². The molecule has 0 aromatic heterocycles. The molecule has 2 aromatic carbocycles. The maximum absolute atomic E-state index is 12.5. The molecular formula is C19H11N5O. The lowest BCUT2D eigenvalue weighted by Crippen LogP contribution is -2.22. The zero-order valence-corrected chi connectivity index (χ0v) is 13.0. The second-order valence-electron chi connectivity index (χ2n) is 5.31. The predicted molar refractivity (Wildman–Crippen MR) is 90.9 cm³/mol. The smallest absolute Gasteiger partial charge is 0.258 e. The second kappa shape index (κ2) is 6.58. The van der Waals surface area contributed by atoms with Gasteiger partial charge in [0.2, 0.25) is 0 Å². The Morgan fingerprint density at radius 1 is 0.960 bits per heavy atom. The lowest BCUT2D eigenvalue weighted by atomic mass is 10.1. The first kappa shape index (κ1) is 15.8. The number of hydrogen-bond acceptors (Lipinski definition) is 5. The van der Waals surface area contributed by atoms with Crippen LogP contribution in [0.3, 0.4) is 0 Å². The van der Waals surface area contributed by atoms with Gasteiger partial charge in [0.05, 0.1) is 6.54 Å². The van der Waals surface area contributed by atoms with Crippen LogP contribution in [0.1, 0.15) is 15.9 Å². The number of carbonyl (C=O) groups excluding carboxylic acids is 1. The monoisotopic (exact) mass is 325 g/mol. The molecule has 6 heteroatoms. The Kier molecular flexibility index (Phi) is 4.16. The first-order chi connectivity index (χ1) is 12.2. The number of benzene rings is 2. The number of amides is 1. The zero-order valence-electron chi connectivity index (χ0n) is 13.0. The van der Waals surface area contributed by atoms with Gasteiger partial charge >= 0.3 is 0 Å². The van der Waals surface area contributed by atoms with Gasteiger partial charge in [0, 0.05) is 16.9 Å². The molecule has 1 N–H and O–H groups in total. The summed E-state index contributed by atoms with van der Waals surface area (Å²) in [5, 5.41) is 29.5. The third-order valence-corrected chi connectivity index (χ3v) is 3.86. The van der Waals surface area contributed by atoms with Crippen LogP contribution in [-0.2, 0) is 6.54 Å². The molecule has 1 amide bonds. The van der Waals surface area contributed by atoms with E-state index >= 15 is 0 Å². The summed E-state index contributed by atoms with van der Waals surface area (Å²) in [4.78, 5) is 14.1. The summed E-state index contributed by atoms with van der Waals surface area (Å²) in [6.07, 6.45) is 0. The summed E-state index contributed by atoms with van der Waals surface area (Å²) in [6.45, 7) is 0.512. The van der Waals surface area contributed by atoms with E-state index in [1.165, 1.54) is 0 Å². The number of nitriles is 3. The lowest BCUT2D eigenvalue weighted by Gasteiger charge is -2.16. The summed E-state index contributed by atoms with van der Waals surface area (Å²) in [6, 6.07) is 19.5. The summed E-state index contributed by atoms with van der Waals surface area (Å²) in [7, 11) is 0. The van der Waals surface area contributed by atoms with Crippen LogP contribution in [0.25, 0.3) is 0 Å². The van der Waals surface area contributed by atoms with Crippen LogP contribution in [0, 0.1) is 34.0 Å². The highest BCUT2D eigenvalue weighted by atomic mass is 16.2. The van der Waals surface area contributed by atoms with E-state index < -0.39 is 0 Å². The molecule has 1 aliphatic rings. The largest absolute Gasteiger partial charge is 0.345 e. The van der Waals surface area contributed by atoms with E-state index in [1.807, 2.05) is 24.3 Å². The minimum Gasteiger partial charge on any atom is -0.345 e. The van der Waals surface area contributed by atoms with Gasteiger partial charge in [-0.15, -0.1) is 0 Å². The molecule has 1 heterocycles. The SMILES string of the molecule is N#CC(C#N)=C(C#N)Nc1ccc(N2Cc3ccccc3C2=O)cc1. The van der Waals surface area contributed by atoms with Gasteiger partial charge in [0.1, 0.15) is 23.9 Å². The van der Waals surface area contributed by atoms with Gasteiger partial charge < -0.3 is 10.2 Å². The molecule has 0 saturated carbocycles. The molecule has 0 aliphatic carbocycles. The van der Waals surface area contributed by atoms with Crippen molar-refractivity contribution in [3.8, 4) is 18.2 Å². The fraction of sp³-hybridized carbons (Fsp3) is 0.0526. The summed E-state index contributed by atoms with van der Waals surface area (Å²) in [5.41, 5.74) is 2.57. The van der Waals surface area contributed by atoms with Crippen LogP contribution in [0.5, 0.6) is 0 Å². The highest BCUT2D eigenvalue weighted by Crippen LogP contribution is 2.29. The Morgan fingerprint density at radius 3 is 2.24 bits per heavy atom. The fourth-order valence-electron chi connectivity index (χ4n) is 2.62. The van der Waals surface area contributed by atoms with Crippen molar-refractivity contribution in [3.05, 3.63) is 70.9 Å². The minimum absolute atomic E-state index is 0.0508. The van der Waals surface area contributed by atoms with Gasteiger partial charge in [0.15, 0.2) is 5.57 Å². The normalized spacial score (nSPS) is 11.7. The topological polar surface area (TPSA) is 104 Å². The summed E-state index contributed by atoms with van der Waals surface area (Å²) < 4.78 is 0. The van der Waals surface area contributed by atoms with Crippen LogP contribution in [-0.4, -0.2) is 5.91 Å². The number of nitrogens with zero attached hydrogens (tertiary/aromatic N) is 4. The molecule has 0 fully saturated rings. The number of fused-ring (bicyclic) bond motifs is 1. The summed E-state index contributed by atoms with van der Waals surface area (Å²) in [5.74, 6) is -0.0508. The maximum Gasteiger partial charge on any atom is 0.258 e. The number of carbonyl (C=O) groups is 1. The average Bonchev–Trinajstić information content (AvgIpc) is 2.99. The molecule has 2 aromatic rings. The molecule has 3 rings (SSSR count). The van der Waals surface area contributed by atoms with E-state index in [-0.39, 0.29) is 17.2 Å². The molecule has 0 atom stereocenters. The number of anilines is 2. The van der Waals surface area contributed by atoms with Gasteiger partial charge in [-0.2, -0.15) is 15.8 Å². The van der Waals surface area contributed by atoms with Gasteiger partial charge in [-0.25, -0.2) is 0 Å². The van der Waals surface area contributed by atoms with E-state index in [9.17, 15) is 4.79 Å². The van der Waals surface area contributed by atoms with Crippen molar-refractivity contribution in [2.75, 3.05) is 10.2 Å². The van der Waals surface area contributed by atoms with Crippen molar-refractivity contribution in [2.45, 2.75) is 6.54 Å². The highest BCUT2D eigenvalue weighted by molar-refractivity contribution is 6.10. The van der Waals surface area contributed by atoms with E-state index in [2.05, 4.69) is 5.32 Å². The van der Waals surface area contributed by atoms with Gasteiger partial charge in [-0.05, 0) is 35.9 Å². The van der Waals surface area contributed by atoms with Gasteiger partial charge in [0.25, 0.3) is 5.91 Å². The van der Waals surface area contributed by atoms with Crippen molar-refractivity contribution in [3.63, 3.8) is 0 Å².